The van der Waals surface area contributed by atoms with Gasteiger partial charge in [-0.1, -0.05) is 75.3 Å². The Hall–Kier alpha value is -2.48. The minimum Gasteiger partial charge on any atom is -0.467 e. The summed E-state index contributed by atoms with van der Waals surface area (Å²) >= 11 is 0. The summed E-state index contributed by atoms with van der Waals surface area (Å²) in [6.45, 7) is 3.87. The predicted molar refractivity (Wildman–Crippen MR) is 117 cm³/mol. The smallest absolute Gasteiger partial charge is 0.188 e. The van der Waals surface area contributed by atoms with Crippen LogP contribution in [0.5, 0.6) is 5.75 Å². The summed E-state index contributed by atoms with van der Waals surface area (Å²) in [4.78, 5) is 12.1. The zero-order valence-corrected chi connectivity index (χ0v) is 17.5. The van der Waals surface area contributed by atoms with Crippen molar-refractivity contribution < 1.29 is 14.3 Å². The molecule has 3 aromatic carbocycles. The van der Waals surface area contributed by atoms with Crippen LogP contribution in [0.1, 0.15) is 34.0 Å². The van der Waals surface area contributed by atoms with Gasteiger partial charge in [0, 0.05) is 24.4 Å². The Kier molecular flexibility index (Phi) is 6.97. The molecule has 4 heteroatoms. The van der Waals surface area contributed by atoms with Crippen molar-refractivity contribution in [3.63, 3.8) is 0 Å². The number of ketones is 1. The van der Waals surface area contributed by atoms with Crippen molar-refractivity contribution in [1.29, 1.82) is 0 Å². The van der Waals surface area contributed by atoms with E-state index in [2.05, 4.69) is 43.3 Å². The Bertz CT molecular complexity index is 951. The first kappa shape index (κ1) is 20.3. The van der Waals surface area contributed by atoms with Crippen molar-refractivity contribution in [1.82, 2.24) is 0 Å². The number of ether oxygens (including phenoxy) is 2. The Balaban J connectivity index is 2.01. The lowest BCUT2D eigenvalue weighted by atomic mass is 10.0. The normalized spacial score (nSPS) is 11.1. The lowest BCUT2D eigenvalue weighted by Gasteiger charge is -2.18. The first-order valence-electron chi connectivity index (χ1n) is 9.25. The zero-order chi connectivity index (χ0) is 19.9. The van der Waals surface area contributed by atoms with Crippen LogP contribution in [0.25, 0.3) is 0 Å². The molecule has 0 aliphatic carbocycles. The highest BCUT2D eigenvalue weighted by Crippen LogP contribution is 2.28. The van der Waals surface area contributed by atoms with Gasteiger partial charge in [-0.25, -0.2) is 0 Å². The quantitative estimate of drug-likeness (QED) is 0.324. The number of rotatable bonds is 8. The topological polar surface area (TPSA) is 35.5 Å². The van der Waals surface area contributed by atoms with E-state index in [4.69, 9.17) is 9.47 Å². The molecule has 0 bridgehead atoms. The third kappa shape index (κ3) is 4.86. The molecule has 0 heterocycles. The van der Waals surface area contributed by atoms with Gasteiger partial charge in [-0.15, -0.1) is 0 Å². The average Bonchev–Trinajstić information content (AvgIpc) is 2.69. The molecule has 0 radical (unpaired) electrons. The van der Waals surface area contributed by atoms with E-state index in [0.717, 1.165) is 39.5 Å². The van der Waals surface area contributed by atoms with E-state index < -0.39 is 0 Å². The molecule has 144 valence electrons. The molecule has 0 aliphatic heterocycles. The number of hydrogen-bond donors (Lipinski definition) is 0. The van der Waals surface area contributed by atoms with Gasteiger partial charge in [0.1, 0.15) is 5.75 Å². The molecule has 3 rings (SSSR count). The summed E-state index contributed by atoms with van der Waals surface area (Å²) in [6, 6.07) is 22.5. The third-order valence-corrected chi connectivity index (χ3v) is 6.14. The van der Waals surface area contributed by atoms with Gasteiger partial charge >= 0.3 is 0 Å². The van der Waals surface area contributed by atoms with Crippen molar-refractivity contribution in [3.8, 4) is 5.75 Å². The predicted octanol–water partition coefficient (Wildman–Crippen LogP) is 4.40. The van der Waals surface area contributed by atoms with Gasteiger partial charge in [0.15, 0.2) is 12.6 Å². The van der Waals surface area contributed by atoms with E-state index in [9.17, 15) is 4.79 Å². The number of Topliss-reactive ketones (excluding diaryl/α,β-unsaturated/α-hetero) is 1. The van der Waals surface area contributed by atoms with Crippen LogP contribution in [0.4, 0.5) is 0 Å². The molecular weight excluding hydrogens is 367 g/mol. The molecule has 3 nitrogen and oxygen atoms in total. The second kappa shape index (κ2) is 9.64. The van der Waals surface area contributed by atoms with Crippen molar-refractivity contribution in [2.45, 2.75) is 20.3 Å². The number of benzene rings is 3. The van der Waals surface area contributed by atoms with Gasteiger partial charge in [-0.05, 0) is 35.8 Å². The van der Waals surface area contributed by atoms with E-state index in [1.807, 2.05) is 30.3 Å². The summed E-state index contributed by atoms with van der Waals surface area (Å²) in [5, 5.41) is 2.16. The number of para-hydroxylation sites is 1. The number of carbonyl (C=O) groups excluding carboxylic acids is 1. The van der Waals surface area contributed by atoms with Gasteiger partial charge in [0.25, 0.3) is 0 Å². The molecule has 1 unspecified atom stereocenters. The fourth-order valence-corrected chi connectivity index (χ4v) is 4.66. The van der Waals surface area contributed by atoms with Crippen LogP contribution in [0, 0.1) is 6.92 Å². The number of carbonyl (C=O) groups is 1. The van der Waals surface area contributed by atoms with Crippen LogP contribution < -0.4 is 15.3 Å². The Morgan fingerprint density at radius 2 is 1.71 bits per heavy atom. The number of hydrogen-bond acceptors (Lipinski definition) is 3. The van der Waals surface area contributed by atoms with Gasteiger partial charge < -0.3 is 9.47 Å². The minimum atomic E-state index is 0.0889. The Morgan fingerprint density at radius 3 is 2.43 bits per heavy atom. The molecule has 0 spiro atoms. The molecule has 1 atom stereocenters. The molecule has 3 aromatic rings. The fraction of sp³-hybridized carbons (Fsp3) is 0.208. The molecule has 0 saturated carbocycles. The first-order chi connectivity index (χ1) is 13.6. The highest BCUT2D eigenvalue weighted by molar-refractivity contribution is 7.56. The van der Waals surface area contributed by atoms with Crippen molar-refractivity contribution >= 4 is 25.0 Å². The minimum absolute atomic E-state index is 0.0889. The highest BCUT2D eigenvalue weighted by atomic mass is 31.1. The summed E-state index contributed by atoms with van der Waals surface area (Å²) in [6.07, 6.45) is 0.783. The van der Waals surface area contributed by atoms with Crippen LogP contribution in [-0.2, 0) is 11.2 Å². The Morgan fingerprint density at radius 1 is 0.964 bits per heavy atom. The van der Waals surface area contributed by atoms with Crippen molar-refractivity contribution in [3.05, 3.63) is 89.0 Å². The molecule has 0 fully saturated rings. The second-order valence-electron chi connectivity index (χ2n) is 6.69. The van der Waals surface area contributed by atoms with E-state index in [0.29, 0.717) is 8.58 Å². The molecule has 0 aliphatic rings. The summed E-state index contributed by atoms with van der Waals surface area (Å²) in [5.41, 5.74) is 4.25. The number of methoxy groups -OCH3 is 1. The molecule has 28 heavy (non-hydrogen) atoms. The van der Waals surface area contributed by atoms with Crippen molar-refractivity contribution in [2.24, 2.45) is 0 Å². The lowest BCUT2D eigenvalue weighted by molar-refractivity contribution is 0.0513. The second-order valence-corrected chi connectivity index (χ2v) is 7.97. The van der Waals surface area contributed by atoms with Crippen LogP contribution >= 0.6 is 8.58 Å². The largest absolute Gasteiger partial charge is 0.467 e. The maximum Gasteiger partial charge on any atom is 0.188 e. The lowest BCUT2D eigenvalue weighted by Crippen LogP contribution is -2.18. The standard InChI is InChI=1S/C24H25O3P/c1-17-9-7-13-21(18(2)25)24(17)28-22-14-8-12-20(23(22)27-16-26-3)15-19-10-5-4-6-11-19/h4-14,28H,15-16H2,1-3H3. The SMILES string of the molecule is COCOc1c(Cc2ccccc2)cccc1Pc1c(C)cccc1C(C)=O. The monoisotopic (exact) mass is 392 g/mol. The van der Waals surface area contributed by atoms with Crippen LogP contribution in [0.3, 0.4) is 0 Å². The van der Waals surface area contributed by atoms with Crippen LogP contribution in [0.15, 0.2) is 66.7 Å². The zero-order valence-electron chi connectivity index (χ0n) is 16.5. The fourth-order valence-electron chi connectivity index (χ4n) is 3.19. The van der Waals surface area contributed by atoms with E-state index in [1.165, 1.54) is 5.56 Å². The molecule has 0 N–H and O–H groups in total. The van der Waals surface area contributed by atoms with E-state index in [1.54, 1.807) is 14.0 Å². The molecule has 0 amide bonds. The third-order valence-electron chi connectivity index (χ3n) is 4.57. The summed E-state index contributed by atoms with van der Waals surface area (Å²) in [5.74, 6) is 0.940. The molecule has 0 aromatic heterocycles. The maximum atomic E-state index is 12.1. The van der Waals surface area contributed by atoms with Gasteiger partial charge in [0.2, 0.25) is 0 Å². The van der Waals surface area contributed by atoms with E-state index in [-0.39, 0.29) is 12.6 Å². The highest BCUT2D eigenvalue weighted by Gasteiger charge is 2.16. The average molecular weight is 392 g/mol. The first-order valence-corrected chi connectivity index (χ1v) is 10.2. The van der Waals surface area contributed by atoms with Gasteiger partial charge in [-0.3, -0.25) is 4.79 Å². The summed E-state index contributed by atoms with van der Waals surface area (Å²) < 4.78 is 11.2. The van der Waals surface area contributed by atoms with Crippen LogP contribution in [0.2, 0.25) is 0 Å². The van der Waals surface area contributed by atoms with Gasteiger partial charge in [0.05, 0.1) is 0 Å². The maximum absolute atomic E-state index is 12.1. The molecular formula is C24H25O3P. The van der Waals surface area contributed by atoms with E-state index >= 15 is 0 Å². The Labute approximate surface area is 168 Å². The molecule has 0 saturated heterocycles. The van der Waals surface area contributed by atoms with Gasteiger partial charge in [-0.2, -0.15) is 0 Å². The van der Waals surface area contributed by atoms with Crippen LogP contribution in [-0.4, -0.2) is 19.7 Å². The summed E-state index contributed by atoms with van der Waals surface area (Å²) in [7, 11) is 1.95. The number of aryl methyl sites for hydroxylation is 1. The van der Waals surface area contributed by atoms with Crippen molar-refractivity contribution in [2.75, 3.05) is 13.9 Å².